The van der Waals surface area contributed by atoms with Crippen LogP contribution in [0, 0.1) is 0 Å². The van der Waals surface area contributed by atoms with Gasteiger partial charge in [-0.3, -0.25) is 18.6 Å². The second-order valence-corrected chi connectivity index (χ2v) is 14.8. The van der Waals surface area contributed by atoms with Crippen molar-refractivity contribution in [3.05, 3.63) is 72.9 Å². The first kappa shape index (κ1) is 51.4. The molecule has 4 N–H and O–H groups in total. The molecule has 0 aromatic carbocycles. The number of hydrogen-bond acceptors (Lipinski definition) is 9. The van der Waals surface area contributed by atoms with E-state index < -0.39 is 38.6 Å². The number of carbonyl (C=O) groups excluding carboxylic acids is 2. The molecule has 3 atom stereocenters. The van der Waals surface area contributed by atoms with E-state index in [1.54, 1.807) is 6.08 Å². The summed E-state index contributed by atoms with van der Waals surface area (Å²) >= 11 is 0. The van der Waals surface area contributed by atoms with Crippen LogP contribution in [-0.2, 0) is 32.7 Å². The fourth-order valence-corrected chi connectivity index (χ4v) is 5.85. The highest BCUT2D eigenvalue weighted by Gasteiger charge is 2.26. The topological polar surface area (TPSA) is 155 Å². The number of phosphoric acid groups is 1. The predicted octanol–water partition coefficient (Wildman–Crippen LogP) is 10.5. The first-order valence-electron chi connectivity index (χ1n) is 20.5. The number of ether oxygens (including phenoxy) is 2. The lowest BCUT2D eigenvalue weighted by Crippen LogP contribution is -2.29. The van der Waals surface area contributed by atoms with E-state index in [1.165, 1.54) is 25.7 Å². The third-order valence-electron chi connectivity index (χ3n) is 8.16. The van der Waals surface area contributed by atoms with E-state index in [4.69, 9.17) is 24.3 Å². The van der Waals surface area contributed by atoms with Crippen LogP contribution in [0.1, 0.15) is 149 Å². The molecule has 0 saturated heterocycles. The Bertz CT molecular complexity index is 1130. The molecule has 0 aliphatic rings. The third kappa shape index (κ3) is 37.7. The zero-order valence-electron chi connectivity index (χ0n) is 33.5. The summed E-state index contributed by atoms with van der Waals surface area (Å²) < 4.78 is 32.7. The van der Waals surface area contributed by atoms with Gasteiger partial charge in [0.05, 0.1) is 19.3 Å². The lowest BCUT2D eigenvalue weighted by Gasteiger charge is -2.19. The summed E-state index contributed by atoms with van der Waals surface area (Å²) in [6, 6.07) is 0. The fourth-order valence-electron chi connectivity index (χ4n) is 5.09. The van der Waals surface area contributed by atoms with E-state index in [0.717, 1.165) is 77.0 Å². The van der Waals surface area contributed by atoms with Crippen molar-refractivity contribution in [2.45, 2.75) is 161 Å². The lowest BCUT2D eigenvalue weighted by atomic mass is 10.1. The minimum atomic E-state index is -4.40. The molecular weight excluding hydrogens is 705 g/mol. The van der Waals surface area contributed by atoms with Crippen molar-refractivity contribution >= 4 is 19.8 Å². The molecular formula is C43H74NO9P. The molecule has 0 amide bonds. The van der Waals surface area contributed by atoms with Gasteiger partial charge in [-0.15, -0.1) is 0 Å². The monoisotopic (exact) mass is 780 g/mol. The summed E-state index contributed by atoms with van der Waals surface area (Å²) in [4.78, 5) is 34.8. The van der Waals surface area contributed by atoms with Gasteiger partial charge in [-0.25, -0.2) is 4.57 Å². The number of aliphatic hydroxyl groups excluding tert-OH is 1. The van der Waals surface area contributed by atoms with Gasteiger partial charge in [0.1, 0.15) is 6.61 Å². The number of unbranched alkanes of at least 4 members (excludes halogenated alkanes) is 12. The molecule has 0 spiro atoms. The van der Waals surface area contributed by atoms with Gasteiger partial charge in [0.25, 0.3) is 0 Å². The molecule has 0 saturated carbocycles. The molecule has 0 radical (unpaired) electrons. The minimum absolute atomic E-state index is 0.0340. The van der Waals surface area contributed by atoms with Gasteiger partial charge in [-0.1, -0.05) is 132 Å². The van der Waals surface area contributed by atoms with E-state index in [1.807, 2.05) is 24.3 Å². The van der Waals surface area contributed by atoms with Crippen LogP contribution in [0.25, 0.3) is 0 Å². The van der Waals surface area contributed by atoms with Crippen molar-refractivity contribution in [3.8, 4) is 0 Å². The summed E-state index contributed by atoms with van der Waals surface area (Å²) in [5.41, 5.74) is 5.33. The number of rotatable bonds is 37. The molecule has 2 unspecified atom stereocenters. The number of phosphoric ester groups is 1. The van der Waals surface area contributed by atoms with E-state index in [9.17, 15) is 24.2 Å². The first-order valence-corrected chi connectivity index (χ1v) is 22.0. The van der Waals surface area contributed by atoms with Gasteiger partial charge in [-0.05, 0) is 77.0 Å². The largest absolute Gasteiger partial charge is 0.472 e. The van der Waals surface area contributed by atoms with Gasteiger partial charge < -0.3 is 25.2 Å². The quantitative estimate of drug-likeness (QED) is 0.0182. The maximum Gasteiger partial charge on any atom is 0.472 e. The normalized spacial score (nSPS) is 14.7. The van der Waals surface area contributed by atoms with E-state index >= 15 is 0 Å². The smallest absolute Gasteiger partial charge is 0.462 e. The first-order chi connectivity index (χ1) is 26.2. The lowest BCUT2D eigenvalue weighted by molar-refractivity contribution is -0.161. The number of hydrogen-bond donors (Lipinski definition) is 3. The Morgan fingerprint density at radius 1 is 0.667 bits per heavy atom. The second-order valence-electron chi connectivity index (χ2n) is 13.3. The van der Waals surface area contributed by atoms with Crippen LogP contribution in [-0.4, -0.2) is 60.5 Å². The van der Waals surface area contributed by atoms with Crippen LogP contribution >= 0.6 is 7.82 Å². The summed E-state index contributed by atoms with van der Waals surface area (Å²) in [5, 5.41) is 9.86. The Balaban J connectivity index is 4.31. The minimum Gasteiger partial charge on any atom is -0.462 e. The standard InChI is InChI=1S/C43H74NO9P/c1-3-5-7-8-9-10-11-12-13-14-15-16-17-20-23-26-30-34-42(46)50-38-41(39-52-54(48,49)51-37-36-44)53-43(47)35-31-27-24-21-18-19-22-25-29-33-40(45)32-28-6-4-2/h6,9-10,12-13,15-16,22,25,28-29,33,40-41,45H,3-5,7-8,11,14,17-21,23-24,26-27,30-32,34-39,44H2,1-2H3,(H,48,49)/b10-9-,13-12-,16-15-,25-22+,28-6+,33-29+/t40?,41-/m1/s1. The fraction of sp³-hybridized carbons (Fsp3) is 0.674. The Hall–Kier alpha value is -2.59. The molecule has 11 heteroatoms. The average Bonchev–Trinajstić information content (AvgIpc) is 3.15. The van der Waals surface area contributed by atoms with Gasteiger partial charge in [-0.2, -0.15) is 0 Å². The molecule has 10 nitrogen and oxygen atoms in total. The van der Waals surface area contributed by atoms with Crippen molar-refractivity contribution in [1.82, 2.24) is 0 Å². The van der Waals surface area contributed by atoms with Gasteiger partial charge in [0, 0.05) is 19.4 Å². The van der Waals surface area contributed by atoms with E-state index in [-0.39, 0.29) is 32.6 Å². The van der Waals surface area contributed by atoms with Gasteiger partial charge >= 0.3 is 19.8 Å². The Morgan fingerprint density at radius 2 is 1.24 bits per heavy atom. The molecule has 310 valence electrons. The number of nitrogens with two attached hydrogens (primary N) is 1. The zero-order chi connectivity index (χ0) is 39.8. The highest BCUT2D eigenvalue weighted by atomic mass is 31.2. The highest BCUT2D eigenvalue weighted by Crippen LogP contribution is 2.43. The van der Waals surface area contributed by atoms with Crippen LogP contribution in [0.5, 0.6) is 0 Å². The zero-order valence-corrected chi connectivity index (χ0v) is 34.4. The molecule has 54 heavy (non-hydrogen) atoms. The predicted molar refractivity (Wildman–Crippen MR) is 221 cm³/mol. The summed E-state index contributed by atoms with van der Waals surface area (Å²) in [6.45, 7) is 3.40. The summed E-state index contributed by atoms with van der Waals surface area (Å²) in [7, 11) is -4.40. The van der Waals surface area contributed by atoms with Crippen LogP contribution in [0.2, 0.25) is 0 Å². The van der Waals surface area contributed by atoms with Crippen LogP contribution in [0.3, 0.4) is 0 Å². The third-order valence-corrected chi connectivity index (χ3v) is 9.14. The molecule has 0 aliphatic heterocycles. The summed E-state index contributed by atoms with van der Waals surface area (Å²) in [5.74, 6) is -0.916. The maximum atomic E-state index is 12.6. The Morgan fingerprint density at radius 3 is 1.87 bits per heavy atom. The van der Waals surface area contributed by atoms with Crippen LogP contribution in [0.4, 0.5) is 0 Å². The molecule has 0 heterocycles. The van der Waals surface area contributed by atoms with Crippen molar-refractivity contribution < 1.29 is 42.7 Å². The van der Waals surface area contributed by atoms with Crippen molar-refractivity contribution in [2.75, 3.05) is 26.4 Å². The molecule has 0 fully saturated rings. The number of aliphatic hydroxyl groups is 1. The van der Waals surface area contributed by atoms with Crippen molar-refractivity contribution in [2.24, 2.45) is 5.73 Å². The molecule has 0 bridgehead atoms. The second kappa shape index (κ2) is 38.7. The summed E-state index contributed by atoms with van der Waals surface area (Å²) in [6.07, 6.45) is 42.6. The average molecular weight is 780 g/mol. The molecule has 0 aromatic heterocycles. The molecule has 0 aliphatic carbocycles. The van der Waals surface area contributed by atoms with Crippen LogP contribution < -0.4 is 5.73 Å². The Labute approximate surface area is 327 Å². The number of esters is 2. The SMILES string of the molecule is CC/C=C/CC(O)/C=C/C=C/CCCCCCCC(=O)O[C@H](COC(=O)CCCCCC/C=C\C/C=C\C/C=C\CCCCC)COP(=O)(O)OCCN. The number of carbonyl (C=O) groups is 2. The Kier molecular flexibility index (Phi) is 36.8. The van der Waals surface area contributed by atoms with Gasteiger partial charge in [0.15, 0.2) is 6.10 Å². The van der Waals surface area contributed by atoms with Crippen LogP contribution in [0.15, 0.2) is 72.9 Å². The number of allylic oxidation sites excluding steroid dienone is 10. The van der Waals surface area contributed by atoms with Crippen molar-refractivity contribution in [1.29, 1.82) is 0 Å². The molecule has 0 rings (SSSR count). The van der Waals surface area contributed by atoms with E-state index in [0.29, 0.717) is 19.3 Å². The highest BCUT2D eigenvalue weighted by molar-refractivity contribution is 7.47. The molecule has 0 aromatic rings. The van der Waals surface area contributed by atoms with E-state index in [2.05, 4.69) is 56.4 Å². The van der Waals surface area contributed by atoms with Crippen molar-refractivity contribution in [3.63, 3.8) is 0 Å². The maximum absolute atomic E-state index is 12.6. The van der Waals surface area contributed by atoms with Gasteiger partial charge in [0.2, 0.25) is 0 Å².